The Morgan fingerprint density at radius 1 is 1.10 bits per heavy atom. The number of carbonyl (C=O) groups is 3. The van der Waals surface area contributed by atoms with Gasteiger partial charge < -0.3 is 19.7 Å². The van der Waals surface area contributed by atoms with Crippen LogP contribution in [-0.2, 0) is 20.7 Å². The Labute approximate surface area is 184 Å². The van der Waals surface area contributed by atoms with Gasteiger partial charge in [0.05, 0.1) is 12.2 Å². The molecule has 0 atom stereocenters. The van der Waals surface area contributed by atoms with Crippen molar-refractivity contribution in [2.24, 2.45) is 0 Å². The molecule has 0 radical (unpaired) electrons. The number of aromatic nitrogens is 2. The van der Waals surface area contributed by atoms with Gasteiger partial charge in [-0.3, -0.25) is 4.79 Å². The SMILES string of the molecule is CCOC(=O)c1c(NC(=O)COC(=O)c2ccc(N3CCCC3)nn2)sc(C)c1CC. The number of thiophene rings is 1. The normalized spacial score (nSPS) is 13.2. The highest BCUT2D eigenvalue weighted by molar-refractivity contribution is 7.16. The summed E-state index contributed by atoms with van der Waals surface area (Å²) >= 11 is 1.29. The maximum absolute atomic E-state index is 12.3. The zero-order valence-corrected chi connectivity index (χ0v) is 18.7. The Morgan fingerprint density at radius 3 is 2.45 bits per heavy atom. The van der Waals surface area contributed by atoms with Crippen LogP contribution in [-0.4, -0.2) is 54.3 Å². The summed E-state index contributed by atoms with van der Waals surface area (Å²) in [6, 6.07) is 3.26. The fraction of sp³-hybridized carbons (Fsp3) is 0.476. The van der Waals surface area contributed by atoms with Crippen molar-refractivity contribution in [3.05, 3.63) is 33.8 Å². The third-order valence-corrected chi connectivity index (χ3v) is 5.98. The maximum Gasteiger partial charge on any atom is 0.359 e. The number of nitrogens with zero attached hydrogens (tertiary/aromatic N) is 3. The minimum atomic E-state index is -0.738. The lowest BCUT2D eigenvalue weighted by Crippen LogP contribution is -2.23. The molecule has 1 saturated heterocycles. The number of aryl methyl sites for hydroxylation is 1. The molecule has 0 aromatic carbocycles. The zero-order chi connectivity index (χ0) is 22.4. The van der Waals surface area contributed by atoms with E-state index in [9.17, 15) is 14.4 Å². The van der Waals surface area contributed by atoms with Crippen molar-refractivity contribution >= 4 is 40.0 Å². The molecule has 2 aromatic rings. The summed E-state index contributed by atoms with van der Waals surface area (Å²) in [5.41, 5.74) is 1.22. The van der Waals surface area contributed by atoms with E-state index in [2.05, 4.69) is 20.4 Å². The summed E-state index contributed by atoms with van der Waals surface area (Å²) in [4.78, 5) is 39.9. The molecule has 166 valence electrons. The second-order valence-corrected chi connectivity index (χ2v) is 8.23. The lowest BCUT2D eigenvalue weighted by atomic mass is 10.1. The second kappa shape index (κ2) is 10.3. The highest BCUT2D eigenvalue weighted by atomic mass is 32.1. The smallest absolute Gasteiger partial charge is 0.359 e. The Morgan fingerprint density at radius 2 is 1.84 bits per heavy atom. The minimum absolute atomic E-state index is 0.0307. The molecule has 31 heavy (non-hydrogen) atoms. The van der Waals surface area contributed by atoms with Gasteiger partial charge in [0.2, 0.25) is 0 Å². The van der Waals surface area contributed by atoms with Crippen molar-refractivity contribution in [2.75, 3.05) is 36.5 Å². The van der Waals surface area contributed by atoms with Gasteiger partial charge in [-0.2, -0.15) is 0 Å². The molecule has 2 aromatic heterocycles. The molecular formula is C21H26N4O5S. The predicted octanol–water partition coefficient (Wildman–Crippen LogP) is 2.98. The molecule has 0 aliphatic carbocycles. The summed E-state index contributed by atoms with van der Waals surface area (Å²) in [5, 5.41) is 11.0. The molecule has 1 fully saturated rings. The van der Waals surface area contributed by atoms with E-state index in [1.807, 2.05) is 13.8 Å². The predicted molar refractivity (Wildman–Crippen MR) is 117 cm³/mol. The summed E-state index contributed by atoms with van der Waals surface area (Å²) in [5.74, 6) is -1.05. The van der Waals surface area contributed by atoms with Gasteiger partial charge in [-0.25, -0.2) is 9.59 Å². The number of carbonyl (C=O) groups excluding carboxylic acids is 3. The molecule has 0 saturated carbocycles. The molecule has 1 amide bonds. The Hall–Kier alpha value is -3.01. The molecule has 1 N–H and O–H groups in total. The number of nitrogens with one attached hydrogen (secondary N) is 1. The van der Waals surface area contributed by atoms with Crippen LogP contribution in [0.1, 0.15) is 58.0 Å². The molecule has 0 unspecified atom stereocenters. The number of hydrogen-bond acceptors (Lipinski definition) is 9. The highest BCUT2D eigenvalue weighted by Crippen LogP contribution is 2.34. The number of ether oxygens (including phenoxy) is 2. The van der Waals surface area contributed by atoms with Gasteiger partial charge in [0.25, 0.3) is 5.91 Å². The molecule has 1 aliphatic heterocycles. The Balaban J connectivity index is 1.60. The molecule has 0 spiro atoms. The first-order valence-corrected chi connectivity index (χ1v) is 11.1. The third-order valence-electron chi connectivity index (χ3n) is 4.92. The first kappa shape index (κ1) is 22.7. The van der Waals surface area contributed by atoms with Gasteiger partial charge in [0.1, 0.15) is 5.00 Å². The first-order chi connectivity index (χ1) is 14.9. The van der Waals surface area contributed by atoms with Crippen LogP contribution in [0.2, 0.25) is 0 Å². The summed E-state index contributed by atoms with van der Waals surface area (Å²) < 4.78 is 10.2. The largest absolute Gasteiger partial charge is 0.462 e. The van der Waals surface area contributed by atoms with Crippen molar-refractivity contribution in [3.63, 3.8) is 0 Å². The van der Waals surface area contributed by atoms with Gasteiger partial charge in [-0.05, 0) is 50.8 Å². The van der Waals surface area contributed by atoms with Crippen molar-refractivity contribution < 1.29 is 23.9 Å². The van der Waals surface area contributed by atoms with E-state index in [4.69, 9.17) is 9.47 Å². The quantitative estimate of drug-likeness (QED) is 0.616. The van der Waals surface area contributed by atoms with E-state index >= 15 is 0 Å². The van der Waals surface area contributed by atoms with Gasteiger partial charge in [-0.1, -0.05) is 6.92 Å². The van der Waals surface area contributed by atoms with Crippen LogP contribution in [0.5, 0.6) is 0 Å². The van der Waals surface area contributed by atoms with Gasteiger partial charge >= 0.3 is 11.9 Å². The van der Waals surface area contributed by atoms with E-state index < -0.39 is 24.5 Å². The average Bonchev–Trinajstić information content (AvgIpc) is 3.40. The Kier molecular flexibility index (Phi) is 7.56. The molecule has 1 aliphatic rings. The van der Waals surface area contributed by atoms with Crippen LogP contribution in [0.15, 0.2) is 12.1 Å². The van der Waals surface area contributed by atoms with Gasteiger partial charge in [0.15, 0.2) is 18.1 Å². The van der Waals surface area contributed by atoms with Crippen LogP contribution in [0, 0.1) is 6.92 Å². The number of amides is 1. The lowest BCUT2D eigenvalue weighted by Gasteiger charge is -2.15. The lowest BCUT2D eigenvalue weighted by molar-refractivity contribution is -0.119. The van der Waals surface area contributed by atoms with Crippen molar-refractivity contribution in [3.8, 4) is 0 Å². The molecule has 3 rings (SSSR count). The average molecular weight is 447 g/mol. The van der Waals surface area contributed by atoms with Crippen LogP contribution in [0.3, 0.4) is 0 Å². The van der Waals surface area contributed by atoms with Gasteiger partial charge in [0, 0.05) is 18.0 Å². The molecule has 0 bridgehead atoms. The minimum Gasteiger partial charge on any atom is -0.462 e. The highest BCUT2D eigenvalue weighted by Gasteiger charge is 2.24. The van der Waals surface area contributed by atoms with E-state index in [0.29, 0.717) is 17.0 Å². The topological polar surface area (TPSA) is 111 Å². The van der Waals surface area contributed by atoms with E-state index in [-0.39, 0.29) is 12.3 Å². The van der Waals surface area contributed by atoms with E-state index in [0.717, 1.165) is 42.2 Å². The molecule has 9 nitrogen and oxygen atoms in total. The number of rotatable bonds is 8. The maximum atomic E-state index is 12.3. The van der Waals surface area contributed by atoms with Crippen LogP contribution < -0.4 is 10.2 Å². The first-order valence-electron chi connectivity index (χ1n) is 10.3. The summed E-state index contributed by atoms with van der Waals surface area (Å²) in [6.07, 6.45) is 2.86. The van der Waals surface area contributed by atoms with Crippen molar-refractivity contribution in [1.29, 1.82) is 0 Å². The van der Waals surface area contributed by atoms with E-state index in [1.165, 1.54) is 17.4 Å². The van der Waals surface area contributed by atoms with Crippen molar-refractivity contribution in [2.45, 2.75) is 40.0 Å². The van der Waals surface area contributed by atoms with Crippen LogP contribution in [0.4, 0.5) is 10.8 Å². The van der Waals surface area contributed by atoms with Crippen LogP contribution >= 0.6 is 11.3 Å². The fourth-order valence-corrected chi connectivity index (χ4v) is 4.58. The van der Waals surface area contributed by atoms with Gasteiger partial charge in [-0.15, -0.1) is 21.5 Å². The van der Waals surface area contributed by atoms with Crippen LogP contribution in [0.25, 0.3) is 0 Å². The Bertz CT molecular complexity index is 951. The molecular weight excluding hydrogens is 420 g/mol. The summed E-state index contributed by atoms with van der Waals surface area (Å²) in [7, 11) is 0. The number of esters is 2. The van der Waals surface area contributed by atoms with E-state index in [1.54, 1.807) is 13.0 Å². The molecule has 10 heteroatoms. The number of hydrogen-bond donors (Lipinski definition) is 1. The van der Waals surface area contributed by atoms with Crippen molar-refractivity contribution in [1.82, 2.24) is 10.2 Å². The number of anilines is 2. The second-order valence-electron chi connectivity index (χ2n) is 7.01. The third kappa shape index (κ3) is 5.38. The monoisotopic (exact) mass is 446 g/mol. The fourth-order valence-electron chi connectivity index (χ4n) is 3.43. The summed E-state index contributed by atoms with van der Waals surface area (Å²) in [6.45, 7) is 7.12. The standard InChI is InChI=1S/C21H26N4O5S/c1-4-14-13(3)31-19(18(14)21(28)29-5-2)22-17(26)12-30-20(27)15-8-9-16(24-23-15)25-10-6-7-11-25/h8-9H,4-7,10-12H2,1-3H3,(H,22,26). The molecule has 3 heterocycles. The zero-order valence-electron chi connectivity index (χ0n) is 17.9.